The van der Waals surface area contributed by atoms with Crippen molar-refractivity contribution in [1.29, 1.82) is 0 Å². The number of carbonyl (C=O) groups is 1. The Hall–Kier alpha value is -3.71. The molecule has 160 valence electrons. The molecule has 0 saturated heterocycles. The van der Waals surface area contributed by atoms with E-state index in [1.165, 1.54) is 12.1 Å². The number of furan rings is 1. The van der Waals surface area contributed by atoms with E-state index >= 15 is 0 Å². The summed E-state index contributed by atoms with van der Waals surface area (Å²) >= 11 is 3.47. The van der Waals surface area contributed by atoms with Gasteiger partial charge in [-0.15, -0.1) is 0 Å². The number of aryl methyl sites for hydroxylation is 1. The maximum absolute atomic E-state index is 13.4. The summed E-state index contributed by atoms with van der Waals surface area (Å²) in [5, 5.41) is 10.9. The third-order valence-corrected chi connectivity index (χ3v) is 5.72. The number of nitro groups is 1. The summed E-state index contributed by atoms with van der Waals surface area (Å²) in [5.74, 6) is 1.01. The van der Waals surface area contributed by atoms with E-state index in [4.69, 9.17) is 4.42 Å². The number of anilines is 1. The van der Waals surface area contributed by atoms with Crippen LogP contribution in [0.2, 0.25) is 0 Å². The first-order valence-electron chi connectivity index (χ1n) is 9.89. The number of carbonyl (C=O) groups excluding carboxylic acids is 1. The summed E-state index contributed by atoms with van der Waals surface area (Å²) in [6, 6.07) is 24.8. The van der Waals surface area contributed by atoms with Crippen molar-refractivity contribution in [2.24, 2.45) is 0 Å². The van der Waals surface area contributed by atoms with Gasteiger partial charge in [0.2, 0.25) is 0 Å². The fourth-order valence-electron chi connectivity index (χ4n) is 3.31. The number of nitrogens with zero attached hydrogens (tertiary/aromatic N) is 2. The fourth-order valence-corrected chi connectivity index (χ4v) is 3.76. The molecule has 1 aromatic heterocycles. The van der Waals surface area contributed by atoms with Gasteiger partial charge < -0.3 is 9.32 Å². The molecule has 0 radical (unpaired) electrons. The Kier molecular flexibility index (Phi) is 6.18. The fraction of sp³-hybridized carbons (Fsp3) is 0.0800. The van der Waals surface area contributed by atoms with Crippen molar-refractivity contribution in [2.75, 3.05) is 4.90 Å². The molecule has 0 N–H and O–H groups in total. The molecular weight excluding hydrogens is 472 g/mol. The molecule has 0 unspecified atom stereocenters. The molecule has 6 nitrogen and oxygen atoms in total. The van der Waals surface area contributed by atoms with Crippen LogP contribution in [0.1, 0.15) is 21.7 Å². The average molecular weight is 491 g/mol. The average Bonchev–Trinajstić information content (AvgIpc) is 3.27. The summed E-state index contributed by atoms with van der Waals surface area (Å²) in [6.45, 7) is 2.23. The van der Waals surface area contributed by atoms with Crippen LogP contribution in [-0.4, -0.2) is 10.8 Å². The largest absolute Gasteiger partial charge is 0.459 e. The molecule has 0 spiro atoms. The minimum absolute atomic E-state index is 0.0186. The van der Waals surface area contributed by atoms with E-state index in [-0.39, 0.29) is 18.1 Å². The number of hydrogen-bond acceptors (Lipinski definition) is 4. The van der Waals surface area contributed by atoms with Gasteiger partial charge in [-0.1, -0.05) is 29.8 Å². The van der Waals surface area contributed by atoms with Gasteiger partial charge in [-0.25, -0.2) is 0 Å². The highest BCUT2D eigenvalue weighted by Crippen LogP contribution is 2.28. The zero-order valence-electron chi connectivity index (χ0n) is 17.2. The number of benzene rings is 3. The van der Waals surface area contributed by atoms with Gasteiger partial charge in [-0.2, -0.15) is 0 Å². The predicted molar refractivity (Wildman–Crippen MR) is 127 cm³/mol. The quantitative estimate of drug-likeness (QED) is 0.220. The summed E-state index contributed by atoms with van der Waals surface area (Å²) in [7, 11) is 0. The van der Waals surface area contributed by atoms with Crippen molar-refractivity contribution in [3.05, 3.63) is 116 Å². The SMILES string of the molecule is Cc1ccc(N(Cc2ccc(-c3ccc([N+](=O)[O-])cc3)o2)C(=O)c2ccccc2Br)cc1. The highest BCUT2D eigenvalue weighted by molar-refractivity contribution is 9.10. The van der Waals surface area contributed by atoms with Crippen LogP contribution in [0.4, 0.5) is 11.4 Å². The lowest BCUT2D eigenvalue weighted by Gasteiger charge is -2.23. The number of amides is 1. The smallest absolute Gasteiger partial charge is 0.269 e. The second kappa shape index (κ2) is 9.20. The molecule has 0 aliphatic rings. The Balaban J connectivity index is 1.64. The van der Waals surface area contributed by atoms with Crippen molar-refractivity contribution in [3.63, 3.8) is 0 Å². The van der Waals surface area contributed by atoms with Crippen LogP contribution in [0.25, 0.3) is 11.3 Å². The molecule has 32 heavy (non-hydrogen) atoms. The first-order chi connectivity index (χ1) is 15.4. The lowest BCUT2D eigenvalue weighted by molar-refractivity contribution is -0.384. The van der Waals surface area contributed by atoms with Crippen molar-refractivity contribution in [2.45, 2.75) is 13.5 Å². The lowest BCUT2D eigenvalue weighted by atomic mass is 10.1. The molecule has 0 aliphatic heterocycles. The summed E-state index contributed by atoms with van der Waals surface area (Å²) < 4.78 is 6.70. The summed E-state index contributed by atoms with van der Waals surface area (Å²) in [6.07, 6.45) is 0. The zero-order chi connectivity index (χ0) is 22.7. The molecule has 0 bridgehead atoms. The van der Waals surface area contributed by atoms with Crippen LogP contribution in [0, 0.1) is 17.0 Å². The van der Waals surface area contributed by atoms with Crippen LogP contribution < -0.4 is 4.90 Å². The van der Waals surface area contributed by atoms with Crippen LogP contribution in [0.3, 0.4) is 0 Å². The van der Waals surface area contributed by atoms with Gasteiger partial charge in [0.05, 0.1) is 17.0 Å². The van der Waals surface area contributed by atoms with Gasteiger partial charge in [-0.05, 0) is 71.4 Å². The molecule has 4 aromatic rings. The Morgan fingerprint density at radius 2 is 1.66 bits per heavy atom. The molecule has 1 amide bonds. The molecule has 3 aromatic carbocycles. The Morgan fingerprint density at radius 3 is 2.31 bits per heavy atom. The van der Waals surface area contributed by atoms with E-state index in [0.717, 1.165) is 16.8 Å². The molecular formula is C25H19BrN2O4. The normalized spacial score (nSPS) is 10.7. The molecule has 0 aliphatic carbocycles. The maximum Gasteiger partial charge on any atom is 0.269 e. The standard InChI is InChI=1S/C25H19BrN2O4/c1-17-6-10-19(11-7-17)27(25(29)22-4-2-3-5-23(22)26)16-21-14-15-24(32-21)18-8-12-20(13-9-18)28(30)31/h2-15H,16H2,1H3. The van der Waals surface area contributed by atoms with E-state index in [0.29, 0.717) is 21.6 Å². The van der Waals surface area contributed by atoms with Gasteiger partial charge in [0, 0.05) is 27.9 Å². The van der Waals surface area contributed by atoms with Crippen LogP contribution in [-0.2, 0) is 6.54 Å². The first-order valence-corrected chi connectivity index (χ1v) is 10.7. The Bertz CT molecular complexity index is 1260. The van der Waals surface area contributed by atoms with Gasteiger partial charge >= 0.3 is 0 Å². The molecule has 0 fully saturated rings. The van der Waals surface area contributed by atoms with Crippen molar-refractivity contribution in [1.82, 2.24) is 0 Å². The van der Waals surface area contributed by atoms with E-state index < -0.39 is 4.92 Å². The second-order valence-electron chi connectivity index (χ2n) is 7.28. The highest BCUT2D eigenvalue weighted by Gasteiger charge is 2.22. The van der Waals surface area contributed by atoms with Gasteiger partial charge in [-0.3, -0.25) is 14.9 Å². The van der Waals surface area contributed by atoms with Crippen LogP contribution in [0.15, 0.2) is 93.8 Å². The number of hydrogen-bond donors (Lipinski definition) is 0. The van der Waals surface area contributed by atoms with Crippen LogP contribution >= 0.6 is 15.9 Å². The molecule has 4 rings (SSSR count). The Morgan fingerprint density at radius 1 is 0.969 bits per heavy atom. The van der Waals surface area contributed by atoms with Gasteiger partial charge in [0.25, 0.3) is 11.6 Å². The molecule has 1 heterocycles. The summed E-state index contributed by atoms with van der Waals surface area (Å²) in [5.41, 5.74) is 3.14. The predicted octanol–water partition coefficient (Wildman–Crippen LogP) is 6.77. The first kappa shape index (κ1) is 21.5. The number of nitro benzene ring substituents is 1. The molecule has 7 heteroatoms. The third kappa shape index (κ3) is 4.63. The van der Waals surface area contributed by atoms with Gasteiger partial charge in [0.15, 0.2) is 0 Å². The van der Waals surface area contributed by atoms with E-state index in [9.17, 15) is 14.9 Å². The number of non-ortho nitro benzene ring substituents is 1. The van der Waals surface area contributed by atoms with Crippen molar-refractivity contribution < 1.29 is 14.1 Å². The minimum Gasteiger partial charge on any atom is -0.459 e. The Labute approximate surface area is 193 Å². The van der Waals surface area contributed by atoms with E-state index in [1.807, 2.05) is 55.5 Å². The van der Waals surface area contributed by atoms with Gasteiger partial charge in [0.1, 0.15) is 11.5 Å². The number of halogens is 1. The number of rotatable bonds is 6. The van der Waals surface area contributed by atoms with Crippen molar-refractivity contribution in [3.8, 4) is 11.3 Å². The monoisotopic (exact) mass is 490 g/mol. The molecule has 0 atom stereocenters. The summed E-state index contributed by atoms with van der Waals surface area (Å²) in [4.78, 5) is 25.5. The lowest BCUT2D eigenvalue weighted by Crippen LogP contribution is -2.30. The minimum atomic E-state index is -0.440. The zero-order valence-corrected chi connectivity index (χ0v) is 18.8. The third-order valence-electron chi connectivity index (χ3n) is 5.03. The highest BCUT2D eigenvalue weighted by atomic mass is 79.9. The molecule has 0 saturated carbocycles. The van der Waals surface area contributed by atoms with E-state index in [2.05, 4.69) is 15.9 Å². The van der Waals surface area contributed by atoms with E-state index in [1.54, 1.807) is 29.2 Å². The maximum atomic E-state index is 13.4. The topological polar surface area (TPSA) is 76.6 Å². The second-order valence-corrected chi connectivity index (χ2v) is 8.13. The van der Waals surface area contributed by atoms with Crippen molar-refractivity contribution >= 4 is 33.2 Å². The van der Waals surface area contributed by atoms with Crippen LogP contribution in [0.5, 0.6) is 0 Å².